The third-order valence-electron chi connectivity index (χ3n) is 10.6. The third kappa shape index (κ3) is 18.4. The summed E-state index contributed by atoms with van der Waals surface area (Å²) in [5.74, 6) is -6.11. The van der Waals surface area contributed by atoms with Gasteiger partial charge in [0, 0.05) is 44.9 Å². The number of nitrogens with one attached hydrogen (secondary N) is 11. The van der Waals surface area contributed by atoms with Gasteiger partial charge in [0.05, 0.1) is 30.1 Å². The van der Waals surface area contributed by atoms with Gasteiger partial charge in [-0.2, -0.15) is 0 Å². The molecular formula is C41H69N17O8. The number of carbonyl (C=O) groups excluding carboxylic acids is 6. The first-order chi connectivity index (χ1) is 31.2. The largest absolute Gasteiger partial charge is 0.480 e. The number of likely N-dealkylation sites (tertiary alicyclic amines) is 1. The normalized spacial score (nSPS) is 16.2. The van der Waals surface area contributed by atoms with Crippen LogP contribution in [0.4, 0.5) is 0 Å². The first kappa shape index (κ1) is 53.5. The lowest BCUT2D eigenvalue weighted by molar-refractivity contribution is -0.145. The predicted molar refractivity (Wildman–Crippen MR) is 242 cm³/mol. The maximum Gasteiger partial charge on any atom is 0.326 e. The van der Waals surface area contributed by atoms with Crippen molar-refractivity contribution >= 4 is 53.3 Å². The van der Waals surface area contributed by atoms with Gasteiger partial charge in [0.15, 0.2) is 11.9 Å². The molecule has 3 rings (SSSR count). The van der Waals surface area contributed by atoms with Crippen LogP contribution in [0, 0.1) is 22.7 Å². The quantitative estimate of drug-likeness (QED) is 0.0236. The van der Waals surface area contributed by atoms with Gasteiger partial charge in [-0.25, -0.2) is 14.8 Å². The number of hydrogen-bond donors (Lipinski definition) is 15. The van der Waals surface area contributed by atoms with Crippen molar-refractivity contribution in [3.05, 3.63) is 36.4 Å². The highest BCUT2D eigenvalue weighted by Gasteiger charge is 2.40. The molecule has 3 heterocycles. The molecule has 25 nitrogen and oxygen atoms in total. The van der Waals surface area contributed by atoms with E-state index in [0.717, 1.165) is 0 Å². The van der Waals surface area contributed by atoms with Gasteiger partial charge < -0.3 is 74.4 Å². The molecule has 1 fully saturated rings. The molecule has 25 heteroatoms. The minimum Gasteiger partial charge on any atom is -0.480 e. The number of aliphatic carboxylic acids is 1. The molecule has 66 heavy (non-hydrogen) atoms. The molecule has 2 aromatic heterocycles. The van der Waals surface area contributed by atoms with Crippen molar-refractivity contribution in [1.82, 2.24) is 62.1 Å². The summed E-state index contributed by atoms with van der Waals surface area (Å²) in [4.78, 5) is 111. The van der Waals surface area contributed by atoms with Gasteiger partial charge in [-0.15, -0.1) is 0 Å². The molecule has 0 radical (unpaired) electrons. The first-order valence-electron chi connectivity index (χ1n) is 22.2. The van der Waals surface area contributed by atoms with Gasteiger partial charge >= 0.3 is 5.97 Å². The summed E-state index contributed by atoms with van der Waals surface area (Å²) in [6.07, 6.45) is 7.63. The van der Waals surface area contributed by atoms with Crippen LogP contribution >= 0.6 is 0 Å². The van der Waals surface area contributed by atoms with Gasteiger partial charge in [-0.1, -0.05) is 27.7 Å². The van der Waals surface area contributed by atoms with E-state index in [-0.39, 0.29) is 101 Å². The Labute approximate surface area is 383 Å². The minimum absolute atomic E-state index is 0.0264. The van der Waals surface area contributed by atoms with E-state index in [9.17, 15) is 38.7 Å². The zero-order chi connectivity index (χ0) is 48.9. The Morgan fingerprint density at radius 1 is 0.712 bits per heavy atom. The van der Waals surface area contributed by atoms with E-state index < -0.39 is 83.7 Å². The zero-order valence-corrected chi connectivity index (χ0v) is 38.1. The number of nitrogens with zero attached hydrogens (tertiary/aromatic N) is 3. The summed E-state index contributed by atoms with van der Waals surface area (Å²) in [6, 6.07) is -8.14. The van der Waals surface area contributed by atoms with Crippen LogP contribution in [0.15, 0.2) is 25.0 Å². The number of aromatic amines is 2. The Bertz CT molecular complexity index is 1930. The monoisotopic (exact) mass is 928 g/mol. The summed E-state index contributed by atoms with van der Waals surface area (Å²) in [5, 5.41) is 43.4. The van der Waals surface area contributed by atoms with Crippen molar-refractivity contribution in [3.8, 4) is 0 Å². The molecule has 0 unspecified atom stereocenters. The van der Waals surface area contributed by atoms with E-state index in [4.69, 9.17) is 28.0 Å². The lowest BCUT2D eigenvalue weighted by Gasteiger charge is -2.31. The van der Waals surface area contributed by atoms with Crippen LogP contribution in [0.2, 0.25) is 0 Å². The number of nitrogens with two attached hydrogens (primary N) is 3. The smallest absolute Gasteiger partial charge is 0.326 e. The van der Waals surface area contributed by atoms with Crippen LogP contribution in [0.1, 0.15) is 90.4 Å². The maximum absolute atomic E-state index is 14.3. The second kappa shape index (κ2) is 26.9. The molecule has 1 aliphatic rings. The number of carboxylic acid groups (broad SMARTS) is 1. The van der Waals surface area contributed by atoms with E-state index in [1.54, 1.807) is 12.4 Å². The molecule has 7 atom stereocenters. The fraction of sp³-hybridized carbons (Fsp3) is 0.634. The molecule has 0 aromatic carbocycles. The number of imidazole rings is 2. The molecule has 0 spiro atoms. The van der Waals surface area contributed by atoms with Crippen molar-refractivity contribution in [2.45, 2.75) is 134 Å². The van der Waals surface area contributed by atoms with Crippen molar-refractivity contribution < 1.29 is 38.7 Å². The summed E-state index contributed by atoms with van der Waals surface area (Å²) in [7, 11) is 0. The molecule has 0 bridgehead atoms. The topological polar surface area (TPSA) is 410 Å². The van der Waals surface area contributed by atoms with Crippen LogP contribution in [0.25, 0.3) is 0 Å². The van der Waals surface area contributed by atoms with Gasteiger partial charge in [0.25, 0.3) is 0 Å². The summed E-state index contributed by atoms with van der Waals surface area (Å²) in [6.45, 7) is 7.92. The van der Waals surface area contributed by atoms with Gasteiger partial charge in [0.1, 0.15) is 36.3 Å². The average Bonchev–Trinajstić information content (AvgIpc) is 4.06. The third-order valence-corrected chi connectivity index (χ3v) is 10.6. The molecule has 6 amide bonds. The number of guanidine groups is 2. The molecule has 0 aliphatic carbocycles. The highest BCUT2D eigenvalue weighted by Crippen LogP contribution is 2.21. The fourth-order valence-corrected chi connectivity index (χ4v) is 7.39. The van der Waals surface area contributed by atoms with Gasteiger partial charge in [-0.3, -0.25) is 39.6 Å². The Morgan fingerprint density at radius 3 is 1.65 bits per heavy atom. The minimum atomic E-state index is -1.28. The molecule has 2 aromatic rings. The summed E-state index contributed by atoms with van der Waals surface area (Å²) in [5.41, 5.74) is 17.9. The standard InChI is InChI=1S/C41H69N17O8/c1-22(2)14-29(56-35(61)30(15-23(3)4)57-36(62)31(17-25-19-48-21-52-25)55-33(59)26(42)16-24-18-47-20-51-24)34(60)53-27(8-5-11-49-40(43)44)38(64)58-13-7-10-32(58)37(63)54-28(39(65)66)9-6-12-50-41(45)46/h18-23,26-32H,5-17,42H2,1-4H3,(H,47,51)(H,48,52)(H,53,60)(H,54,63)(H,55,59)(H,56,61)(H,57,62)(H,65,66)(H4,43,44,49)(H4,45,46,50)/t26-,27-,28-,29-,30-,31-,32-/m0/s1. The van der Waals surface area contributed by atoms with E-state index in [1.165, 1.54) is 17.6 Å². The SMILES string of the molecule is CC(C)C[C@H](NC(=O)[C@H](Cc1c[nH]cn1)NC(=O)[C@@H](N)Cc1c[nH]cn1)C(=O)N[C@@H](CC(C)C)C(=O)N[C@@H](CCCNC(=N)N)C(=O)N1CCC[C@H]1C(=O)N[C@@H](CCCNC(=N)N)C(=O)O. The van der Waals surface area contributed by atoms with Crippen LogP contribution < -0.4 is 54.4 Å². The van der Waals surface area contributed by atoms with Crippen LogP contribution in [-0.2, 0) is 46.4 Å². The Balaban J connectivity index is 1.81. The van der Waals surface area contributed by atoms with E-state index >= 15 is 0 Å². The highest BCUT2D eigenvalue weighted by molar-refractivity contribution is 5.97. The molecular weight excluding hydrogens is 859 g/mol. The van der Waals surface area contributed by atoms with Crippen LogP contribution in [-0.4, -0.2) is 145 Å². The Kier molecular flexibility index (Phi) is 21.8. The molecule has 1 aliphatic heterocycles. The van der Waals surface area contributed by atoms with Crippen molar-refractivity contribution in [2.75, 3.05) is 19.6 Å². The first-order valence-corrected chi connectivity index (χ1v) is 22.2. The van der Waals surface area contributed by atoms with E-state index in [0.29, 0.717) is 17.8 Å². The lowest BCUT2D eigenvalue weighted by Crippen LogP contribution is -2.60. The number of carboxylic acids is 1. The fourth-order valence-electron chi connectivity index (χ4n) is 7.39. The Hall–Kier alpha value is -6.79. The Morgan fingerprint density at radius 2 is 1.18 bits per heavy atom. The second-order valence-corrected chi connectivity index (χ2v) is 17.2. The van der Waals surface area contributed by atoms with Crippen LogP contribution in [0.3, 0.4) is 0 Å². The highest BCUT2D eigenvalue weighted by atomic mass is 16.4. The number of H-pyrrole nitrogens is 2. The average molecular weight is 928 g/mol. The van der Waals surface area contributed by atoms with E-state index in [1.807, 2.05) is 27.7 Å². The van der Waals surface area contributed by atoms with Crippen LogP contribution in [0.5, 0.6) is 0 Å². The number of aromatic nitrogens is 4. The molecule has 18 N–H and O–H groups in total. The number of rotatable bonds is 28. The van der Waals surface area contributed by atoms with Crippen molar-refractivity contribution in [2.24, 2.45) is 29.0 Å². The number of carbonyl (C=O) groups is 7. The number of hydrogen-bond acceptors (Lipinski definition) is 12. The number of amides is 6. The van der Waals surface area contributed by atoms with Gasteiger partial charge in [0.2, 0.25) is 35.4 Å². The van der Waals surface area contributed by atoms with Crippen molar-refractivity contribution in [1.29, 1.82) is 10.8 Å². The predicted octanol–water partition coefficient (Wildman–Crippen LogP) is -2.64. The lowest BCUT2D eigenvalue weighted by atomic mass is 9.99. The zero-order valence-electron chi connectivity index (χ0n) is 38.1. The second-order valence-electron chi connectivity index (χ2n) is 17.2. The van der Waals surface area contributed by atoms with E-state index in [2.05, 4.69) is 57.2 Å². The molecule has 366 valence electrons. The van der Waals surface area contributed by atoms with Crippen molar-refractivity contribution in [3.63, 3.8) is 0 Å². The molecule has 1 saturated heterocycles. The maximum atomic E-state index is 14.3. The summed E-state index contributed by atoms with van der Waals surface area (Å²) >= 11 is 0. The molecule has 0 saturated carbocycles. The summed E-state index contributed by atoms with van der Waals surface area (Å²) < 4.78 is 0. The van der Waals surface area contributed by atoms with Gasteiger partial charge in [-0.05, 0) is 63.2 Å².